The third-order valence-electron chi connectivity index (χ3n) is 5.54. The average molecular weight is 337 g/mol. The lowest BCUT2D eigenvalue weighted by atomic mass is 9.97. The van der Waals surface area contributed by atoms with Crippen molar-refractivity contribution >= 4 is 5.91 Å². The lowest BCUT2D eigenvalue weighted by molar-refractivity contribution is -0.149. The predicted octanol–water partition coefficient (Wildman–Crippen LogP) is 2.54. The standard InChI is InChI=1S/C21H23NO3/c1-25-19-9-5-4-8-18(19)17-10-11-22(14-17)20(23)21(24)12-15-6-2-3-7-16(15)13-21/h2-9,17,24H,10-14H2,1H3/t17-/m0/s1. The van der Waals surface area contributed by atoms with Crippen molar-refractivity contribution in [2.45, 2.75) is 30.8 Å². The largest absolute Gasteiger partial charge is 0.496 e. The van der Waals surface area contributed by atoms with E-state index in [1.54, 1.807) is 7.11 Å². The van der Waals surface area contributed by atoms with Crippen LogP contribution in [0.5, 0.6) is 5.75 Å². The normalized spacial score (nSPS) is 21.2. The molecule has 1 heterocycles. The SMILES string of the molecule is COc1ccccc1[C@H]1CCN(C(=O)C2(O)Cc3ccccc3C2)C1. The maximum atomic E-state index is 13.0. The maximum Gasteiger partial charge on any atom is 0.255 e. The van der Waals surface area contributed by atoms with Gasteiger partial charge in [0.1, 0.15) is 5.75 Å². The minimum absolute atomic E-state index is 0.138. The van der Waals surface area contributed by atoms with Crippen molar-refractivity contribution in [1.82, 2.24) is 4.90 Å². The lowest BCUT2D eigenvalue weighted by Gasteiger charge is -2.27. The first kappa shape index (κ1) is 16.2. The summed E-state index contributed by atoms with van der Waals surface area (Å²) in [5, 5.41) is 11.0. The van der Waals surface area contributed by atoms with Gasteiger partial charge in [0.25, 0.3) is 5.91 Å². The molecule has 1 aliphatic carbocycles. The van der Waals surface area contributed by atoms with Crippen molar-refractivity contribution in [1.29, 1.82) is 0 Å². The Balaban J connectivity index is 1.50. The minimum Gasteiger partial charge on any atom is -0.496 e. The number of likely N-dealkylation sites (tertiary alicyclic amines) is 1. The van der Waals surface area contributed by atoms with E-state index in [2.05, 4.69) is 6.07 Å². The summed E-state index contributed by atoms with van der Waals surface area (Å²) in [7, 11) is 1.68. The Kier molecular flexibility index (Phi) is 4.00. The number of amides is 1. The Labute approximate surface area is 148 Å². The van der Waals surface area contributed by atoms with E-state index in [1.165, 1.54) is 0 Å². The molecule has 1 atom stereocenters. The molecular weight excluding hydrogens is 314 g/mol. The molecule has 1 amide bonds. The second kappa shape index (κ2) is 6.19. The van der Waals surface area contributed by atoms with Gasteiger partial charge in [0.2, 0.25) is 0 Å². The fourth-order valence-electron chi connectivity index (χ4n) is 4.24. The van der Waals surface area contributed by atoms with E-state index in [0.29, 0.717) is 25.9 Å². The van der Waals surface area contributed by atoms with Crippen LogP contribution in [0.3, 0.4) is 0 Å². The predicted molar refractivity (Wildman–Crippen MR) is 95.7 cm³/mol. The summed E-state index contributed by atoms with van der Waals surface area (Å²) in [6.07, 6.45) is 1.73. The van der Waals surface area contributed by atoms with Gasteiger partial charge < -0.3 is 14.7 Å². The van der Waals surface area contributed by atoms with Gasteiger partial charge in [-0.05, 0) is 29.2 Å². The topological polar surface area (TPSA) is 49.8 Å². The lowest BCUT2D eigenvalue weighted by Crippen LogP contribution is -2.49. The molecule has 0 aromatic heterocycles. The van der Waals surface area contributed by atoms with E-state index in [9.17, 15) is 9.90 Å². The van der Waals surface area contributed by atoms with Crippen LogP contribution >= 0.6 is 0 Å². The number of hydrogen-bond donors (Lipinski definition) is 1. The van der Waals surface area contributed by atoms with Crippen LogP contribution in [0.25, 0.3) is 0 Å². The highest BCUT2D eigenvalue weighted by Gasteiger charge is 2.45. The minimum atomic E-state index is -1.29. The van der Waals surface area contributed by atoms with Gasteiger partial charge in [0.05, 0.1) is 7.11 Å². The molecule has 1 aliphatic heterocycles. The van der Waals surface area contributed by atoms with E-state index < -0.39 is 5.60 Å². The van der Waals surface area contributed by atoms with E-state index in [1.807, 2.05) is 47.4 Å². The summed E-state index contributed by atoms with van der Waals surface area (Å²) < 4.78 is 5.46. The molecule has 2 aromatic rings. The highest BCUT2D eigenvalue weighted by molar-refractivity contribution is 5.87. The summed E-state index contributed by atoms with van der Waals surface area (Å²) >= 11 is 0. The van der Waals surface area contributed by atoms with Crippen LogP contribution < -0.4 is 4.74 Å². The Morgan fingerprint density at radius 3 is 2.44 bits per heavy atom. The molecule has 4 heteroatoms. The zero-order valence-corrected chi connectivity index (χ0v) is 14.4. The summed E-state index contributed by atoms with van der Waals surface area (Å²) in [5.41, 5.74) is 2.01. The van der Waals surface area contributed by atoms with Crippen molar-refractivity contribution in [2.24, 2.45) is 0 Å². The first-order valence-electron chi connectivity index (χ1n) is 8.82. The molecule has 4 rings (SSSR count). The Morgan fingerprint density at radius 2 is 1.76 bits per heavy atom. The van der Waals surface area contributed by atoms with Gasteiger partial charge in [0.15, 0.2) is 5.60 Å². The number of carbonyl (C=O) groups is 1. The van der Waals surface area contributed by atoms with Gasteiger partial charge in [0, 0.05) is 31.8 Å². The van der Waals surface area contributed by atoms with E-state index in [4.69, 9.17) is 4.74 Å². The number of benzene rings is 2. The molecule has 1 N–H and O–H groups in total. The van der Waals surface area contributed by atoms with E-state index in [-0.39, 0.29) is 11.8 Å². The monoisotopic (exact) mass is 337 g/mol. The van der Waals surface area contributed by atoms with Crippen molar-refractivity contribution < 1.29 is 14.6 Å². The molecule has 0 radical (unpaired) electrons. The zero-order chi connectivity index (χ0) is 17.4. The maximum absolute atomic E-state index is 13.0. The molecular formula is C21H23NO3. The molecule has 130 valence electrons. The van der Waals surface area contributed by atoms with Crippen LogP contribution in [-0.2, 0) is 17.6 Å². The van der Waals surface area contributed by atoms with Gasteiger partial charge >= 0.3 is 0 Å². The molecule has 0 unspecified atom stereocenters. The number of para-hydroxylation sites is 1. The first-order valence-corrected chi connectivity index (χ1v) is 8.82. The van der Waals surface area contributed by atoms with Crippen molar-refractivity contribution in [3.8, 4) is 5.75 Å². The number of ether oxygens (including phenoxy) is 1. The summed E-state index contributed by atoms with van der Waals surface area (Å²) in [5.74, 6) is 0.988. The van der Waals surface area contributed by atoms with Gasteiger partial charge in [-0.15, -0.1) is 0 Å². The molecule has 2 aliphatic rings. The van der Waals surface area contributed by atoms with Crippen molar-refractivity contribution in [2.75, 3.05) is 20.2 Å². The highest BCUT2D eigenvalue weighted by Crippen LogP contribution is 2.37. The second-order valence-corrected chi connectivity index (χ2v) is 7.13. The molecule has 4 nitrogen and oxygen atoms in total. The first-order chi connectivity index (χ1) is 12.1. The molecule has 1 saturated heterocycles. The summed E-state index contributed by atoms with van der Waals surface area (Å²) in [6.45, 7) is 1.32. The highest BCUT2D eigenvalue weighted by atomic mass is 16.5. The Morgan fingerprint density at radius 1 is 1.12 bits per heavy atom. The van der Waals surface area contributed by atoms with Gasteiger partial charge in [-0.3, -0.25) is 4.79 Å². The fourth-order valence-corrected chi connectivity index (χ4v) is 4.24. The number of methoxy groups -OCH3 is 1. The number of nitrogens with zero attached hydrogens (tertiary/aromatic N) is 1. The molecule has 1 fully saturated rings. The fraction of sp³-hybridized carbons (Fsp3) is 0.381. The van der Waals surface area contributed by atoms with Gasteiger partial charge in [-0.2, -0.15) is 0 Å². The molecule has 0 bridgehead atoms. The smallest absolute Gasteiger partial charge is 0.255 e. The Bertz CT molecular complexity index is 776. The third-order valence-corrected chi connectivity index (χ3v) is 5.54. The van der Waals surface area contributed by atoms with Crippen LogP contribution in [0.15, 0.2) is 48.5 Å². The zero-order valence-electron chi connectivity index (χ0n) is 14.4. The van der Waals surface area contributed by atoms with Crippen molar-refractivity contribution in [3.05, 3.63) is 65.2 Å². The number of rotatable bonds is 3. The van der Waals surface area contributed by atoms with Gasteiger partial charge in [-0.1, -0.05) is 42.5 Å². The summed E-state index contributed by atoms with van der Waals surface area (Å²) in [6, 6.07) is 15.9. The second-order valence-electron chi connectivity index (χ2n) is 7.13. The van der Waals surface area contributed by atoms with Crippen LogP contribution in [0.1, 0.15) is 29.0 Å². The van der Waals surface area contributed by atoms with Crippen LogP contribution in [0, 0.1) is 0 Å². The summed E-state index contributed by atoms with van der Waals surface area (Å²) in [4.78, 5) is 14.8. The quantitative estimate of drug-likeness (QED) is 0.936. The van der Waals surface area contributed by atoms with Crippen LogP contribution in [-0.4, -0.2) is 41.7 Å². The number of fused-ring (bicyclic) bond motifs is 1. The third kappa shape index (κ3) is 2.81. The van der Waals surface area contributed by atoms with E-state index in [0.717, 1.165) is 28.9 Å². The number of aliphatic hydroxyl groups is 1. The van der Waals surface area contributed by atoms with Crippen LogP contribution in [0.2, 0.25) is 0 Å². The Hall–Kier alpha value is -2.33. The number of hydrogen-bond acceptors (Lipinski definition) is 3. The average Bonchev–Trinajstić information content (AvgIpc) is 3.25. The molecule has 0 saturated carbocycles. The molecule has 25 heavy (non-hydrogen) atoms. The van der Waals surface area contributed by atoms with E-state index >= 15 is 0 Å². The molecule has 2 aromatic carbocycles. The van der Waals surface area contributed by atoms with Gasteiger partial charge in [-0.25, -0.2) is 0 Å². The van der Waals surface area contributed by atoms with Crippen molar-refractivity contribution in [3.63, 3.8) is 0 Å². The van der Waals surface area contributed by atoms with Crippen LogP contribution in [0.4, 0.5) is 0 Å². The number of carbonyl (C=O) groups excluding carboxylic acids is 1. The molecule has 0 spiro atoms.